The number of benzene rings is 2. The van der Waals surface area contributed by atoms with Crippen molar-refractivity contribution in [2.24, 2.45) is 0 Å². The molecule has 3 N–H and O–H groups in total. The highest BCUT2D eigenvalue weighted by molar-refractivity contribution is 6.05. The van der Waals surface area contributed by atoms with Gasteiger partial charge in [0.05, 0.1) is 6.61 Å². The summed E-state index contributed by atoms with van der Waals surface area (Å²) in [6.45, 7) is 3.49. The fraction of sp³-hybridized carbons (Fsp3) is 0.143. The fourth-order valence-corrected chi connectivity index (χ4v) is 2.65. The molecule has 142 valence electrons. The van der Waals surface area contributed by atoms with E-state index in [4.69, 9.17) is 0 Å². The maximum atomic E-state index is 12.4. The number of hydrogen-bond acceptors (Lipinski definition) is 5. The Hall–Kier alpha value is -3.58. The lowest BCUT2D eigenvalue weighted by Gasteiger charge is -2.09. The number of rotatable bonds is 5. The van der Waals surface area contributed by atoms with E-state index in [2.05, 4.69) is 20.6 Å². The largest absolute Gasteiger partial charge is 0.392 e. The summed E-state index contributed by atoms with van der Waals surface area (Å²) in [5.74, 6) is -0.330. The molecule has 0 aliphatic rings. The van der Waals surface area contributed by atoms with E-state index in [0.717, 1.165) is 5.56 Å². The highest BCUT2D eigenvalue weighted by atomic mass is 16.3. The van der Waals surface area contributed by atoms with Gasteiger partial charge in [-0.3, -0.25) is 14.9 Å². The highest BCUT2D eigenvalue weighted by Crippen LogP contribution is 2.14. The van der Waals surface area contributed by atoms with Crippen LogP contribution in [0.5, 0.6) is 0 Å². The van der Waals surface area contributed by atoms with Crippen LogP contribution in [-0.4, -0.2) is 26.9 Å². The summed E-state index contributed by atoms with van der Waals surface area (Å²) in [6, 6.07) is 15.4. The van der Waals surface area contributed by atoms with Gasteiger partial charge in [0.2, 0.25) is 5.95 Å². The quantitative estimate of drug-likeness (QED) is 0.635. The first-order valence-electron chi connectivity index (χ1n) is 8.69. The SMILES string of the molecule is Cc1cccc(C(=O)Nc2nc(C)cc(NC(=O)c3cccc(CO)c3)n2)c1. The van der Waals surface area contributed by atoms with Crippen LogP contribution < -0.4 is 10.6 Å². The Kier molecular flexibility index (Phi) is 5.76. The van der Waals surface area contributed by atoms with Crippen LogP contribution in [0.3, 0.4) is 0 Å². The van der Waals surface area contributed by atoms with Crippen molar-refractivity contribution in [1.29, 1.82) is 0 Å². The zero-order chi connectivity index (χ0) is 20.1. The summed E-state index contributed by atoms with van der Waals surface area (Å²) in [6.07, 6.45) is 0. The fourth-order valence-electron chi connectivity index (χ4n) is 2.65. The molecule has 0 atom stereocenters. The zero-order valence-electron chi connectivity index (χ0n) is 15.6. The number of carbonyl (C=O) groups is 2. The number of amides is 2. The number of aromatic nitrogens is 2. The number of nitrogens with one attached hydrogen (secondary N) is 2. The van der Waals surface area contributed by atoms with Crippen LogP contribution in [0.1, 0.15) is 37.5 Å². The van der Waals surface area contributed by atoms with Crippen molar-refractivity contribution >= 4 is 23.6 Å². The van der Waals surface area contributed by atoms with E-state index in [0.29, 0.717) is 22.4 Å². The van der Waals surface area contributed by atoms with Crippen LogP contribution in [0, 0.1) is 13.8 Å². The Bertz CT molecular complexity index is 1030. The van der Waals surface area contributed by atoms with Crippen LogP contribution in [0.25, 0.3) is 0 Å². The van der Waals surface area contributed by atoms with Crippen molar-refractivity contribution in [3.63, 3.8) is 0 Å². The molecule has 7 nitrogen and oxygen atoms in total. The molecule has 1 heterocycles. The topological polar surface area (TPSA) is 104 Å². The van der Waals surface area contributed by atoms with Crippen molar-refractivity contribution in [3.8, 4) is 0 Å². The lowest BCUT2D eigenvalue weighted by molar-refractivity contribution is 0.101. The summed E-state index contributed by atoms with van der Waals surface area (Å²) in [5.41, 5.74) is 3.09. The molecule has 0 saturated heterocycles. The van der Waals surface area contributed by atoms with E-state index >= 15 is 0 Å². The minimum absolute atomic E-state index is 0.103. The van der Waals surface area contributed by atoms with Gasteiger partial charge in [0.25, 0.3) is 11.8 Å². The summed E-state index contributed by atoms with van der Waals surface area (Å²) < 4.78 is 0. The monoisotopic (exact) mass is 376 g/mol. The van der Waals surface area contributed by atoms with Gasteiger partial charge in [0, 0.05) is 22.9 Å². The second-order valence-electron chi connectivity index (χ2n) is 6.35. The zero-order valence-corrected chi connectivity index (χ0v) is 15.6. The first-order chi connectivity index (χ1) is 13.4. The lowest BCUT2D eigenvalue weighted by atomic mass is 10.1. The van der Waals surface area contributed by atoms with Crippen molar-refractivity contribution in [2.45, 2.75) is 20.5 Å². The van der Waals surface area contributed by atoms with E-state index in [1.54, 1.807) is 55.5 Å². The molecule has 0 fully saturated rings. The van der Waals surface area contributed by atoms with Crippen molar-refractivity contribution < 1.29 is 14.7 Å². The van der Waals surface area contributed by atoms with Gasteiger partial charge < -0.3 is 10.4 Å². The van der Waals surface area contributed by atoms with Crippen molar-refractivity contribution in [3.05, 3.63) is 82.5 Å². The number of hydrogen-bond donors (Lipinski definition) is 3. The van der Waals surface area contributed by atoms with Crippen LogP contribution in [0.15, 0.2) is 54.6 Å². The normalized spacial score (nSPS) is 10.4. The molecule has 1 aromatic heterocycles. The Balaban J connectivity index is 1.77. The Morgan fingerprint density at radius 3 is 2.29 bits per heavy atom. The van der Waals surface area contributed by atoms with Gasteiger partial charge in [0.1, 0.15) is 5.82 Å². The lowest BCUT2D eigenvalue weighted by Crippen LogP contribution is -2.17. The third-order valence-electron chi connectivity index (χ3n) is 3.97. The third-order valence-corrected chi connectivity index (χ3v) is 3.97. The van der Waals surface area contributed by atoms with Crippen LogP contribution in [-0.2, 0) is 6.61 Å². The van der Waals surface area contributed by atoms with Gasteiger partial charge >= 0.3 is 0 Å². The minimum atomic E-state index is -0.371. The Labute approximate surface area is 162 Å². The summed E-state index contributed by atoms with van der Waals surface area (Å²) in [7, 11) is 0. The Morgan fingerprint density at radius 2 is 1.57 bits per heavy atom. The molecule has 3 rings (SSSR count). The second kappa shape index (κ2) is 8.41. The van der Waals surface area contributed by atoms with Gasteiger partial charge in [-0.2, -0.15) is 4.98 Å². The number of nitrogens with zero attached hydrogens (tertiary/aromatic N) is 2. The van der Waals surface area contributed by atoms with Gasteiger partial charge in [0.15, 0.2) is 0 Å². The molecular weight excluding hydrogens is 356 g/mol. The number of carbonyl (C=O) groups excluding carboxylic acids is 2. The van der Waals surface area contributed by atoms with Crippen molar-refractivity contribution in [2.75, 3.05) is 10.6 Å². The third kappa shape index (κ3) is 4.77. The average Bonchev–Trinajstić information content (AvgIpc) is 2.67. The smallest absolute Gasteiger partial charge is 0.258 e. The molecule has 0 aliphatic heterocycles. The predicted molar refractivity (Wildman–Crippen MR) is 106 cm³/mol. The molecule has 2 amide bonds. The molecule has 0 radical (unpaired) electrons. The number of aliphatic hydroxyl groups excluding tert-OH is 1. The molecule has 0 saturated carbocycles. The molecule has 0 spiro atoms. The van der Waals surface area contributed by atoms with Gasteiger partial charge in [-0.15, -0.1) is 0 Å². The first-order valence-corrected chi connectivity index (χ1v) is 8.69. The number of aliphatic hydroxyl groups is 1. The van der Waals surface area contributed by atoms with E-state index in [9.17, 15) is 14.7 Å². The summed E-state index contributed by atoms with van der Waals surface area (Å²) in [5, 5.41) is 14.6. The predicted octanol–water partition coefficient (Wildman–Crippen LogP) is 3.09. The molecule has 7 heteroatoms. The van der Waals surface area contributed by atoms with E-state index < -0.39 is 0 Å². The standard InChI is InChI=1S/C21H20N4O3/c1-13-5-3-7-16(9-13)20(28)25-21-22-14(2)10-18(24-21)23-19(27)17-8-4-6-15(11-17)12-26/h3-11,26H,12H2,1-2H3,(H2,22,23,24,25,27,28). The molecule has 3 aromatic rings. The Morgan fingerprint density at radius 1 is 0.893 bits per heavy atom. The number of anilines is 2. The highest BCUT2D eigenvalue weighted by Gasteiger charge is 2.12. The van der Waals surface area contributed by atoms with E-state index in [-0.39, 0.29) is 30.2 Å². The van der Waals surface area contributed by atoms with E-state index in [1.165, 1.54) is 0 Å². The second-order valence-corrected chi connectivity index (χ2v) is 6.35. The number of aryl methyl sites for hydroxylation is 2. The maximum Gasteiger partial charge on any atom is 0.258 e. The van der Waals surface area contributed by atoms with Gasteiger partial charge in [-0.1, -0.05) is 29.8 Å². The maximum absolute atomic E-state index is 12.4. The van der Waals surface area contributed by atoms with Gasteiger partial charge in [-0.25, -0.2) is 4.98 Å². The molecule has 28 heavy (non-hydrogen) atoms. The summed E-state index contributed by atoms with van der Waals surface area (Å²) >= 11 is 0. The van der Waals surface area contributed by atoms with Gasteiger partial charge in [-0.05, 0) is 43.7 Å². The molecule has 0 aliphatic carbocycles. The van der Waals surface area contributed by atoms with Crippen molar-refractivity contribution in [1.82, 2.24) is 9.97 Å². The minimum Gasteiger partial charge on any atom is -0.392 e. The first kappa shape index (κ1) is 19.2. The summed E-state index contributed by atoms with van der Waals surface area (Å²) in [4.78, 5) is 33.3. The average molecular weight is 376 g/mol. The molecule has 2 aromatic carbocycles. The van der Waals surface area contributed by atoms with Crippen LogP contribution in [0.2, 0.25) is 0 Å². The molecule has 0 unspecified atom stereocenters. The van der Waals surface area contributed by atoms with Crippen LogP contribution in [0.4, 0.5) is 11.8 Å². The molecular formula is C21H20N4O3. The van der Waals surface area contributed by atoms with E-state index in [1.807, 2.05) is 13.0 Å². The molecule has 0 bridgehead atoms. The van der Waals surface area contributed by atoms with Crippen LogP contribution >= 0.6 is 0 Å².